The van der Waals surface area contributed by atoms with E-state index >= 15 is 0 Å². The Morgan fingerprint density at radius 3 is 2.86 bits per heavy atom. The number of hydrazine groups is 1. The molecule has 1 aliphatic rings. The van der Waals surface area contributed by atoms with E-state index in [1.165, 1.54) is 0 Å². The van der Waals surface area contributed by atoms with Crippen LogP contribution in [0.3, 0.4) is 0 Å². The van der Waals surface area contributed by atoms with E-state index in [1.54, 1.807) is 5.01 Å². The number of hydrogen-bond donors (Lipinski definition) is 1. The fourth-order valence-corrected chi connectivity index (χ4v) is 0.548. The zero-order valence-corrected chi connectivity index (χ0v) is 4.17. The Morgan fingerprint density at radius 1 is 1.71 bits per heavy atom. The van der Waals surface area contributed by atoms with E-state index in [4.69, 9.17) is 5.84 Å². The fraction of sp³-hybridized carbons (Fsp3) is 0.750. The Hall–Kier alpha value is -0.410. The van der Waals surface area contributed by atoms with Gasteiger partial charge in [0.2, 0.25) is 0 Å². The Labute approximate surface area is 42.8 Å². The third-order valence-corrected chi connectivity index (χ3v) is 0.938. The molecule has 0 spiro atoms. The van der Waals surface area contributed by atoms with Gasteiger partial charge in [0, 0.05) is 12.8 Å². The summed E-state index contributed by atoms with van der Waals surface area (Å²) in [5.74, 6) is 5.35. The predicted octanol–water partition coefficient (Wildman–Crippen LogP) is -0.406. The molecule has 2 N–H and O–H groups in total. The van der Waals surface area contributed by atoms with E-state index in [9.17, 15) is 0 Å². The van der Waals surface area contributed by atoms with Crippen molar-refractivity contribution < 1.29 is 0 Å². The summed E-state index contributed by atoms with van der Waals surface area (Å²) in [6.07, 6.45) is 2.90. The lowest BCUT2D eigenvalue weighted by Gasteiger charge is -2.14. The molecule has 0 aromatic rings. The summed E-state index contributed by atoms with van der Waals surface area (Å²) >= 11 is 0. The Morgan fingerprint density at radius 2 is 2.57 bits per heavy atom. The standard InChI is InChI=1S/C4H9N3/c5-7-3-1-2-6-4-7/h2H,1,3-5H2. The molecule has 1 rings (SSSR count). The van der Waals surface area contributed by atoms with Crippen LogP contribution in [0, 0.1) is 0 Å². The monoisotopic (exact) mass is 99.1 g/mol. The lowest BCUT2D eigenvalue weighted by molar-refractivity contribution is 0.293. The zero-order valence-electron chi connectivity index (χ0n) is 4.17. The van der Waals surface area contributed by atoms with Gasteiger partial charge in [-0.2, -0.15) is 0 Å². The van der Waals surface area contributed by atoms with Gasteiger partial charge in [-0.3, -0.25) is 10.8 Å². The quantitative estimate of drug-likeness (QED) is 0.420. The minimum Gasteiger partial charge on any atom is -0.281 e. The average molecular weight is 99.1 g/mol. The highest BCUT2D eigenvalue weighted by atomic mass is 15.4. The first-order chi connectivity index (χ1) is 3.39. The average Bonchev–Trinajstić information content (AvgIpc) is 1.69. The van der Waals surface area contributed by atoms with Crippen LogP contribution in [-0.4, -0.2) is 24.4 Å². The van der Waals surface area contributed by atoms with Crippen LogP contribution in [0.15, 0.2) is 4.99 Å². The van der Waals surface area contributed by atoms with E-state index in [0.717, 1.165) is 13.0 Å². The van der Waals surface area contributed by atoms with Gasteiger partial charge in [0.1, 0.15) is 6.67 Å². The van der Waals surface area contributed by atoms with Crippen molar-refractivity contribution in [1.29, 1.82) is 0 Å². The molecule has 7 heavy (non-hydrogen) atoms. The van der Waals surface area contributed by atoms with Crippen molar-refractivity contribution in [1.82, 2.24) is 5.01 Å². The molecule has 0 radical (unpaired) electrons. The second kappa shape index (κ2) is 2.04. The Balaban J connectivity index is 2.32. The van der Waals surface area contributed by atoms with Gasteiger partial charge in [-0.25, -0.2) is 5.01 Å². The first kappa shape index (κ1) is 4.74. The molecule has 0 aromatic heterocycles. The summed E-state index contributed by atoms with van der Waals surface area (Å²) in [4.78, 5) is 3.93. The largest absolute Gasteiger partial charge is 0.281 e. The topological polar surface area (TPSA) is 41.6 Å². The smallest absolute Gasteiger partial charge is 0.103 e. The molecule has 0 amide bonds. The van der Waals surface area contributed by atoms with Crippen LogP contribution < -0.4 is 5.84 Å². The van der Waals surface area contributed by atoms with E-state index < -0.39 is 0 Å². The third kappa shape index (κ3) is 1.25. The first-order valence-corrected chi connectivity index (χ1v) is 2.37. The molecular weight excluding hydrogens is 90.1 g/mol. The fourth-order valence-electron chi connectivity index (χ4n) is 0.548. The molecule has 0 saturated heterocycles. The van der Waals surface area contributed by atoms with Crippen molar-refractivity contribution in [3.05, 3.63) is 0 Å². The molecule has 0 saturated carbocycles. The van der Waals surface area contributed by atoms with Crippen LogP contribution in [0.2, 0.25) is 0 Å². The minimum atomic E-state index is 0.667. The van der Waals surface area contributed by atoms with Crippen LogP contribution in [-0.2, 0) is 0 Å². The van der Waals surface area contributed by atoms with Crippen LogP contribution >= 0.6 is 0 Å². The Kier molecular flexibility index (Phi) is 1.38. The van der Waals surface area contributed by atoms with Gasteiger partial charge < -0.3 is 0 Å². The van der Waals surface area contributed by atoms with Gasteiger partial charge in [-0.15, -0.1) is 0 Å². The zero-order chi connectivity index (χ0) is 5.11. The molecular formula is C4H9N3. The van der Waals surface area contributed by atoms with Crippen molar-refractivity contribution in [2.24, 2.45) is 10.8 Å². The van der Waals surface area contributed by atoms with Gasteiger partial charge in [0.25, 0.3) is 0 Å². The summed E-state index contributed by atoms with van der Waals surface area (Å²) in [7, 11) is 0. The van der Waals surface area contributed by atoms with Gasteiger partial charge >= 0.3 is 0 Å². The normalized spacial score (nSPS) is 23.0. The number of nitrogens with zero attached hydrogens (tertiary/aromatic N) is 2. The molecule has 0 atom stereocenters. The highest BCUT2D eigenvalue weighted by molar-refractivity contribution is 5.57. The minimum absolute atomic E-state index is 0.667. The van der Waals surface area contributed by atoms with Crippen LogP contribution in [0.25, 0.3) is 0 Å². The van der Waals surface area contributed by atoms with E-state index in [-0.39, 0.29) is 0 Å². The second-order valence-corrected chi connectivity index (χ2v) is 1.61. The predicted molar refractivity (Wildman–Crippen MR) is 28.9 cm³/mol. The molecule has 0 fully saturated rings. The number of aliphatic imine (C=N–C) groups is 1. The maximum atomic E-state index is 5.35. The summed E-state index contributed by atoms with van der Waals surface area (Å²) in [6, 6.07) is 0. The molecule has 0 bridgehead atoms. The third-order valence-electron chi connectivity index (χ3n) is 0.938. The lowest BCUT2D eigenvalue weighted by atomic mass is 10.4. The molecule has 40 valence electrons. The van der Waals surface area contributed by atoms with Crippen molar-refractivity contribution in [2.45, 2.75) is 6.42 Å². The van der Waals surface area contributed by atoms with E-state index in [2.05, 4.69) is 4.99 Å². The van der Waals surface area contributed by atoms with Crippen molar-refractivity contribution in [3.63, 3.8) is 0 Å². The highest BCUT2D eigenvalue weighted by Crippen LogP contribution is 1.87. The van der Waals surface area contributed by atoms with Gasteiger partial charge in [0.05, 0.1) is 0 Å². The summed E-state index contributed by atoms with van der Waals surface area (Å²) in [5, 5.41) is 1.69. The molecule has 0 unspecified atom stereocenters. The Bertz CT molecular complexity index is 79.0. The first-order valence-electron chi connectivity index (χ1n) is 2.37. The summed E-state index contributed by atoms with van der Waals surface area (Å²) < 4.78 is 0. The molecule has 3 nitrogen and oxygen atoms in total. The van der Waals surface area contributed by atoms with Crippen molar-refractivity contribution in [2.75, 3.05) is 13.2 Å². The van der Waals surface area contributed by atoms with Crippen molar-refractivity contribution >= 4 is 6.21 Å². The lowest BCUT2D eigenvalue weighted by Crippen LogP contribution is -2.34. The van der Waals surface area contributed by atoms with E-state index in [1.807, 2.05) is 6.21 Å². The molecule has 1 heterocycles. The summed E-state index contributed by atoms with van der Waals surface area (Å²) in [6.45, 7) is 1.61. The van der Waals surface area contributed by atoms with Crippen LogP contribution in [0.4, 0.5) is 0 Å². The van der Waals surface area contributed by atoms with E-state index in [0.29, 0.717) is 6.67 Å². The van der Waals surface area contributed by atoms with Crippen molar-refractivity contribution in [3.8, 4) is 0 Å². The van der Waals surface area contributed by atoms with Gasteiger partial charge in [0.15, 0.2) is 0 Å². The molecule has 0 aromatic carbocycles. The van der Waals surface area contributed by atoms with Gasteiger partial charge in [-0.05, 0) is 6.42 Å². The van der Waals surface area contributed by atoms with Crippen LogP contribution in [0.1, 0.15) is 6.42 Å². The maximum Gasteiger partial charge on any atom is 0.103 e. The highest BCUT2D eigenvalue weighted by Gasteiger charge is 1.97. The molecule has 0 aliphatic carbocycles. The number of rotatable bonds is 0. The number of hydrogen-bond acceptors (Lipinski definition) is 3. The maximum absolute atomic E-state index is 5.35. The molecule has 3 heteroatoms. The molecule has 1 aliphatic heterocycles. The van der Waals surface area contributed by atoms with Gasteiger partial charge in [-0.1, -0.05) is 0 Å². The number of nitrogens with two attached hydrogens (primary N) is 1. The van der Waals surface area contributed by atoms with Crippen LogP contribution in [0.5, 0.6) is 0 Å². The SMILES string of the molecule is NN1CCC=NC1. The second-order valence-electron chi connectivity index (χ2n) is 1.61. The summed E-state index contributed by atoms with van der Waals surface area (Å²) in [5.41, 5.74) is 0.